The predicted octanol–water partition coefficient (Wildman–Crippen LogP) is 0.724. The number of hydrogen-bond donors (Lipinski definition) is 1. The van der Waals surface area contributed by atoms with Crippen molar-refractivity contribution in [2.45, 2.75) is 13.5 Å². The molecule has 0 unspecified atom stereocenters. The molecule has 0 bridgehead atoms. The number of amides is 1. The van der Waals surface area contributed by atoms with Gasteiger partial charge in [0.05, 0.1) is 18.0 Å². The SMILES string of the molecule is Cc1c(C(=O)N(C)Cc2cn[nH]c2)cnn1C. The number of aromatic amines is 1. The van der Waals surface area contributed by atoms with Gasteiger partial charge in [-0.2, -0.15) is 10.2 Å². The van der Waals surface area contributed by atoms with E-state index in [1.807, 2.05) is 14.0 Å². The molecular weight excluding hydrogens is 218 g/mol. The first-order valence-corrected chi connectivity index (χ1v) is 5.31. The minimum absolute atomic E-state index is 0.0307. The Morgan fingerprint density at radius 2 is 2.29 bits per heavy atom. The van der Waals surface area contributed by atoms with E-state index < -0.39 is 0 Å². The molecule has 0 aliphatic rings. The molecule has 17 heavy (non-hydrogen) atoms. The molecule has 0 saturated heterocycles. The van der Waals surface area contributed by atoms with Crippen LogP contribution >= 0.6 is 0 Å². The molecule has 2 aromatic rings. The van der Waals surface area contributed by atoms with Crippen LogP contribution in [0.5, 0.6) is 0 Å². The van der Waals surface area contributed by atoms with Crippen molar-refractivity contribution >= 4 is 5.91 Å². The van der Waals surface area contributed by atoms with Crippen LogP contribution in [0.2, 0.25) is 0 Å². The number of nitrogens with one attached hydrogen (secondary N) is 1. The molecule has 1 N–H and O–H groups in total. The Bertz CT molecular complexity index is 514. The molecule has 1 amide bonds. The third kappa shape index (κ3) is 2.20. The van der Waals surface area contributed by atoms with Gasteiger partial charge in [-0.25, -0.2) is 0 Å². The van der Waals surface area contributed by atoms with Gasteiger partial charge in [-0.15, -0.1) is 0 Å². The van der Waals surface area contributed by atoms with Crippen molar-refractivity contribution in [2.24, 2.45) is 7.05 Å². The summed E-state index contributed by atoms with van der Waals surface area (Å²) in [5, 5.41) is 10.6. The zero-order valence-electron chi connectivity index (χ0n) is 10.1. The highest BCUT2D eigenvalue weighted by Gasteiger charge is 2.17. The minimum Gasteiger partial charge on any atom is -0.337 e. The van der Waals surface area contributed by atoms with E-state index in [4.69, 9.17) is 0 Å². The van der Waals surface area contributed by atoms with Gasteiger partial charge in [-0.05, 0) is 6.92 Å². The van der Waals surface area contributed by atoms with E-state index in [1.165, 1.54) is 0 Å². The van der Waals surface area contributed by atoms with E-state index in [1.54, 1.807) is 35.2 Å². The molecular formula is C11H15N5O. The number of carbonyl (C=O) groups is 1. The zero-order chi connectivity index (χ0) is 12.4. The Morgan fingerprint density at radius 1 is 1.53 bits per heavy atom. The van der Waals surface area contributed by atoms with Crippen LogP contribution in [0.3, 0.4) is 0 Å². The molecule has 2 aromatic heterocycles. The maximum Gasteiger partial charge on any atom is 0.257 e. The van der Waals surface area contributed by atoms with Crippen molar-refractivity contribution in [3.05, 3.63) is 35.4 Å². The largest absolute Gasteiger partial charge is 0.337 e. The summed E-state index contributed by atoms with van der Waals surface area (Å²) >= 11 is 0. The molecule has 0 saturated carbocycles. The van der Waals surface area contributed by atoms with Crippen LogP contribution in [0, 0.1) is 6.92 Å². The molecule has 0 fully saturated rings. The smallest absolute Gasteiger partial charge is 0.257 e. The highest BCUT2D eigenvalue weighted by Crippen LogP contribution is 2.10. The van der Waals surface area contributed by atoms with Crippen LogP contribution in [0.4, 0.5) is 0 Å². The topological polar surface area (TPSA) is 66.8 Å². The molecule has 0 aliphatic carbocycles. The molecule has 6 heteroatoms. The molecule has 6 nitrogen and oxygen atoms in total. The van der Waals surface area contributed by atoms with Gasteiger partial charge in [0.1, 0.15) is 0 Å². The fourth-order valence-electron chi connectivity index (χ4n) is 1.62. The first-order valence-electron chi connectivity index (χ1n) is 5.31. The van der Waals surface area contributed by atoms with Gasteiger partial charge < -0.3 is 4.90 Å². The lowest BCUT2D eigenvalue weighted by molar-refractivity contribution is 0.0784. The molecule has 0 spiro atoms. The molecule has 0 atom stereocenters. The monoisotopic (exact) mass is 233 g/mol. The Kier molecular flexibility index (Phi) is 2.95. The molecule has 0 aromatic carbocycles. The van der Waals surface area contributed by atoms with Crippen LogP contribution in [0.1, 0.15) is 21.6 Å². The van der Waals surface area contributed by atoms with Gasteiger partial charge in [-0.1, -0.05) is 0 Å². The van der Waals surface area contributed by atoms with Crippen molar-refractivity contribution < 1.29 is 4.79 Å². The first kappa shape index (κ1) is 11.4. The second-order valence-corrected chi connectivity index (χ2v) is 4.04. The lowest BCUT2D eigenvalue weighted by atomic mass is 10.2. The first-order chi connectivity index (χ1) is 8.09. The van der Waals surface area contributed by atoms with Gasteiger partial charge in [0.2, 0.25) is 0 Å². The van der Waals surface area contributed by atoms with E-state index in [0.29, 0.717) is 12.1 Å². The zero-order valence-corrected chi connectivity index (χ0v) is 10.1. The van der Waals surface area contributed by atoms with Gasteiger partial charge in [-0.3, -0.25) is 14.6 Å². The average molecular weight is 233 g/mol. The maximum absolute atomic E-state index is 12.1. The second-order valence-electron chi connectivity index (χ2n) is 4.04. The molecule has 0 aliphatic heterocycles. The highest BCUT2D eigenvalue weighted by molar-refractivity contribution is 5.94. The normalized spacial score (nSPS) is 10.5. The summed E-state index contributed by atoms with van der Waals surface area (Å²) in [7, 11) is 3.59. The Labute approximate surface area is 99.2 Å². The van der Waals surface area contributed by atoms with Gasteiger partial charge in [0.15, 0.2) is 0 Å². The third-order valence-corrected chi connectivity index (χ3v) is 2.79. The van der Waals surface area contributed by atoms with E-state index in [0.717, 1.165) is 11.3 Å². The van der Waals surface area contributed by atoms with Crippen LogP contribution in [-0.4, -0.2) is 37.8 Å². The van der Waals surface area contributed by atoms with Crippen LogP contribution in [-0.2, 0) is 13.6 Å². The predicted molar refractivity (Wildman–Crippen MR) is 62.3 cm³/mol. The number of hydrogen-bond acceptors (Lipinski definition) is 3. The fourth-order valence-corrected chi connectivity index (χ4v) is 1.62. The number of aromatic nitrogens is 4. The molecule has 90 valence electrons. The summed E-state index contributed by atoms with van der Waals surface area (Å²) in [6.45, 7) is 2.41. The Hall–Kier alpha value is -2.11. The molecule has 2 heterocycles. The summed E-state index contributed by atoms with van der Waals surface area (Å²) in [6.07, 6.45) is 5.09. The fraction of sp³-hybridized carbons (Fsp3) is 0.364. The quantitative estimate of drug-likeness (QED) is 0.849. The highest BCUT2D eigenvalue weighted by atomic mass is 16.2. The second kappa shape index (κ2) is 4.40. The number of rotatable bonds is 3. The van der Waals surface area contributed by atoms with Crippen molar-refractivity contribution in [1.82, 2.24) is 24.9 Å². The van der Waals surface area contributed by atoms with E-state index in [-0.39, 0.29) is 5.91 Å². The van der Waals surface area contributed by atoms with E-state index in [2.05, 4.69) is 15.3 Å². The maximum atomic E-state index is 12.1. The Morgan fingerprint density at radius 3 is 2.82 bits per heavy atom. The summed E-state index contributed by atoms with van der Waals surface area (Å²) in [6, 6.07) is 0. The number of nitrogens with zero attached hydrogens (tertiary/aromatic N) is 4. The number of aryl methyl sites for hydroxylation is 1. The van der Waals surface area contributed by atoms with Crippen LogP contribution in [0.25, 0.3) is 0 Å². The standard InChI is InChI=1S/C11H15N5O/c1-8-10(6-14-16(8)3)11(17)15(2)7-9-4-12-13-5-9/h4-6H,7H2,1-3H3,(H,12,13). The van der Waals surface area contributed by atoms with Crippen LogP contribution in [0.15, 0.2) is 18.6 Å². The Balaban J connectivity index is 2.12. The summed E-state index contributed by atoms with van der Waals surface area (Å²) < 4.78 is 1.69. The van der Waals surface area contributed by atoms with Crippen molar-refractivity contribution in [3.8, 4) is 0 Å². The van der Waals surface area contributed by atoms with Crippen molar-refractivity contribution in [2.75, 3.05) is 7.05 Å². The van der Waals surface area contributed by atoms with E-state index >= 15 is 0 Å². The minimum atomic E-state index is -0.0307. The molecule has 0 radical (unpaired) electrons. The van der Waals surface area contributed by atoms with Gasteiger partial charge >= 0.3 is 0 Å². The number of carbonyl (C=O) groups excluding carboxylic acids is 1. The summed E-state index contributed by atoms with van der Waals surface area (Å²) in [5.74, 6) is -0.0307. The van der Waals surface area contributed by atoms with Crippen molar-refractivity contribution in [3.63, 3.8) is 0 Å². The average Bonchev–Trinajstić information content (AvgIpc) is 2.90. The summed E-state index contributed by atoms with van der Waals surface area (Å²) in [5.41, 5.74) is 2.48. The number of H-pyrrole nitrogens is 1. The van der Waals surface area contributed by atoms with Gasteiger partial charge in [0.25, 0.3) is 5.91 Å². The van der Waals surface area contributed by atoms with E-state index in [9.17, 15) is 4.79 Å². The lowest BCUT2D eigenvalue weighted by Gasteiger charge is -2.15. The lowest BCUT2D eigenvalue weighted by Crippen LogP contribution is -2.26. The summed E-state index contributed by atoms with van der Waals surface area (Å²) in [4.78, 5) is 13.8. The van der Waals surface area contributed by atoms with Crippen LogP contribution < -0.4 is 0 Å². The third-order valence-electron chi connectivity index (χ3n) is 2.79. The molecule has 2 rings (SSSR count). The van der Waals surface area contributed by atoms with Gasteiger partial charge in [0, 0.05) is 38.1 Å². The van der Waals surface area contributed by atoms with Crippen molar-refractivity contribution in [1.29, 1.82) is 0 Å².